The second-order valence-electron chi connectivity index (χ2n) is 8.29. The monoisotopic (exact) mass is 583 g/mol. The Balaban J connectivity index is 0.00000237. The third-order valence-electron chi connectivity index (χ3n) is 6.03. The van der Waals surface area contributed by atoms with Gasteiger partial charge in [0.1, 0.15) is 30.6 Å². The third kappa shape index (κ3) is 8.57. The molecule has 1 atom stereocenters. The van der Waals surface area contributed by atoms with E-state index in [1.54, 1.807) is 6.92 Å². The fourth-order valence-electron chi connectivity index (χ4n) is 4.50. The van der Waals surface area contributed by atoms with Crippen molar-refractivity contribution in [3.8, 4) is 22.8 Å². The number of ether oxygens (including phenoxy) is 2. The van der Waals surface area contributed by atoms with Crippen molar-refractivity contribution in [3.05, 3.63) is 63.8 Å². The van der Waals surface area contributed by atoms with Crippen LogP contribution in [0.4, 0.5) is 8.78 Å². The maximum Gasteiger partial charge on any atom is 0.251 e. The number of unbranched alkanes of at least 4 members (excludes halogenated alkanes) is 1. The Hall–Kier alpha value is -2.85. The first-order valence-electron chi connectivity index (χ1n) is 13.3. The predicted molar refractivity (Wildman–Crippen MR) is 159 cm³/mol. The van der Waals surface area contributed by atoms with Gasteiger partial charge in [-0.25, -0.2) is 13.8 Å². The topological polar surface area (TPSA) is 121 Å². The number of allylic oxidation sites excluding steroid dienone is 2. The van der Waals surface area contributed by atoms with Gasteiger partial charge >= 0.3 is 0 Å². The molecular formula is C30H44ClF2N3O4. The first-order chi connectivity index (χ1) is 19.3. The molecule has 3 rings (SSSR count). The van der Waals surface area contributed by atoms with Gasteiger partial charge < -0.3 is 30.8 Å². The summed E-state index contributed by atoms with van der Waals surface area (Å²) < 4.78 is 42.3. The molecule has 40 heavy (non-hydrogen) atoms. The highest BCUT2D eigenvalue weighted by Gasteiger charge is 2.44. The van der Waals surface area contributed by atoms with Crippen LogP contribution in [0.15, 0.2) is 36.1 Å². The molecule has 0 bridgehead atoms. The van der Waals surface area contributed by atoms with Gasteiger partial charge in [-0.05, 0) is 64.8 Å². The number of carbonyl (C=O) groups excluding carboxylic acids is 1. The molecule has 1 aliphatic rings. The highest BCUT2D eigenvalue weighted by atomic mass is 35.5. The molecule has 2 heterocycles. The summed E-state index contributed by atoms with van der Waals surface area (Å²) in [7, 11) is 1.50. The second-order valence-corrected chi connectivity index (χ2v) is 8.67. The molecule has 0 aliphatic carbocycles. The van der Waals surface area contributed by atoms with Gasteiger partial charge in [-0.2, -0.15) is 0 Å². The number of aromatic nitrogens is 1. The zero-order valence-corrected chi connectivity index (χ0v) is 25.2. The molecule has 0 saturated carbocycles. The Morgan fingerprint density at radius 2 is 1.90 bits per heavy atom. The van der Waals surface area contributed by atoms with E-state index in [-0.39, 0.29) is 35.2 Å². The van der Waals surface area contributed by atoms with Crippen LogP contribution in [0.25, 0.3) is 11.1 Å². The first kappa shape index (κ1) is 37.1. The molecule has 7 nitrogen and oxygen atoms in total. The minimum atomic E-state index is -0.761. The van der Waals surface area contributed by atoms with Crippen LogP contribution >= 0.6 is 11.6 Å². The van der Waals surface area contributed by atoms with E-state index in [2.05, 4.69) is 10.7 Å². The molecule has 0 spiro atoms. The maximum atomic E-state index is 15.6. The van der Waals surface area contributed by atoms with Gasteiger partial charge in [-0.15, -0.1) is 0 Å². The smallest absolute Gasteiger partial charge is 0.251 e. The summed E-state index contributed by atoms with van der Waals surface area (Å²) in [6.07, 6.45) is 10.0. The fraction of sp³-hybridized carbons (Fsp3) is 0.467. The van der Waals surface area contributed by atoms with Crippen molar-refractivity contribution < 1.29 is 28.2 Å². The van der Waals surface area contributed by atoms with Gasteiger partial charge in [0.05, 0.1) is 11.6 Å². The molecule has 1 unspecified atom stereocenters. The van der Waals surface area contributed by atoms with Crippen LogP contribution in [0.3, 0.4) is 0 Å². The molecule has 1 aromatic heterocycles. The third-order valence-corrected chi connectivity index (χ3v) is 6.40. The number of hydrogen-bond acceptors (Lipinski definition) is 7. The van der Waals surface area contributed by atoms with E-state index in [1.165, 1.54) is 19.3 Å². The summed E-state index contributed by atoms with van der Waals surface area (Å²) in [6, 6.07) is 1.27. The molecule has 0 fully saturated rings. The normalized spacial score (nSPS) is 15.6. The van der Waals surface area contributed by atoms with Crippen LogP contribution in [0.5, 0.6) is 11.6 Å². The lowest BCUT2D eigenvalue weighted by atomic mass is 9.82. The van der Waals surface area contributed by atoms with Crippen molar-refractivity contribution in [3.63, 3.8) is 0 Å². The Bertz CT molecular complexity index is 1130. The first-order valence-corrected chi connectivity index (χ1v) is 13.7. The molecule has 224 valence electrons. The number of aliphatic hydroxyl groups is 1. The summed E-state index contributed by atoms with van der Waals surface area (Å²) in [5.74, 6) is -1.40. The van der Waals surface area contributed by atoms with Crippen molar-refractivity contribution in [1.29, 1.82) is 0 Å². The number of rotatable bonds is 10. The van der Waals surface area contributed by atoms with Crippen LogP contribution in [0, 0.1) is 18.6 Å². The Morgan fingerprint density at radius 3 is 2.45 bits per heavy atom. The molecule has 0 amide bonds. The number of halogens is 3. The van der Waals surface area contributed by atoms with E-state index in [9.17, 15) is 0 Å². The van der Waals surface area contributed by atoms with Crippen LogP contribution < -0.4 is 20.9 Å². The molecule has 1 aromatic carbocycles. The lowest BCUT2D eigenvalue weighted by Gasteiger charge is -2.30. The summed E-state index contributed by atoms with van der Waals surface area (Å²) in [4.78, 5) is 12.0. The summed E-state index contributed by atoms with van der Waals surface area (Å²) in [5.41, 5.74) is 11.9. The van der Waals surface area contributed by atoms with Gasteiger partial charge in [0.25, 0.3) is 5.88 Å². The summed E-state index contributed by atoms with van der Waals surface area (Å²) in [6.45, 7) is 11.7. The summed E-state index contributed by atoms with van der Waals surface area (Å²) in [5, 5.41) is 8.87. The zero-order chi connectivity index (χ0) is 30.9. The van der Waals surface area contributed by atoms with Crippen molar-refractivity contribution in [1.82, 2.24) is 4.98 Å². The van der Waals surface area contributed by atoms with Crippen LogP contribution in [0.2, 0.25) is 5.02 Å². The van der Waals surface area contributed by atoms with Gasteiger partial charge in [0.15, 0.2) is 5.82 Å². The van der Waals surface area contributed by atoms with Gasteiger partial charge in [-0.1, -0.05) is 43.7 Å². The zero-order valence-electron chi connectivity index (χ0n) is 24.5. The maximum absolute atomic E-state index is 15.6. The minimum Gasteiger partial charge on any atom is -0.482 e. The van der Waals surface area contributed by atoms with Crippen molar-refractivity contribution in [2.75, 3.05) is 26.8 Å². The van der Waals surface area contributed by atoms with Gasteiger partial charge in [-0.3, -0.25) is 0 Å². The summed E-state index contributed by atoms with van der Waals surface area (Å²) >= 11 is 6.46. The predicted octanol–water partition coefficient (Wildman–Crippen LogP) is 6.10. The molecule has 5 N–H and O–H groups in total. The Labute approximate surface area is 242 Å². The second kappa shape index (κ2) is 19.3. The highest BCUT2D eigenvalue weighted by Crippen LogP contribution is 2.50. The van der Waals surface area contributed by atoms with Crippen molar-refractivity contribution in [2.24, 2.45) is 11.5 Å². The minimum absolute atomic E-state index is 0.109. The number of carbonyl (C=O) groups is 1. The highest BCUT2D eigenvalue weighted by molar-refractivity contribution is 6.34. The Kier molecular flexibility index (Phi) is 17.9. The largest absolute Gasteiger partial charge is 0.482 e. The lowest BCUT2D eigenvalue weighted by molar-refractivity contribution is -0.0980. The Morgan fingerprint density at radius 1 is 1.25 bits per heavy atom. The molecule has 0 saturated heterocycles. The van der Waals surface area contributed by atoms with E-state index >= 15 is 8.78 Å². The number of hydrogen-bond donors (Lipinski definition) is 3. The number of aliphatic hydroxyl groups excluding tert-OH is 1. The van der Waals surface area contributed by atoms with E-state index in [1.807, 2.05) is 52.7 Å². The average Bonchev–Trinajstić information content (AvgIpc) is 3.35. The number of nitrogens with two attached hydrogens (primary N) is 2. The van der Waals surface area contributed by atoms with Crippen molar-refractivity contribution in [2.45, 2.75) is 65.9 Å². The number of aryl methyl sites for hydroxylation is 1. The van der Waals surface area contributed by atoms with Crippen LogP contribution in [-0.2, 0) is 11.2 Å². The number of fused-ring (bicyclic) bond motifs is 1. The number of pyridine rings is 1. The molecular weight excluding hydrogens is 540 g/mol. The lowest BCUT2D eigenvalue weighted by Crippen LogP contribution is -2.36. The van der Waals surface area contributed by atoms with E-state index in [0.29, 0.717) is 36.3 Å². The molecule has 0 radical (unpaired) electrons. The molecule has 10 heteroatoms. The quantitative estimate of drug-likeness (QED) is 0.228. The molecule has 2 aromatic rings. The van der Waals surface area contributed by atoms with Crippen LogP contribution in [0.1, 0.15) is 58.1 Å². The van der Waals surface area contributed by atoms with Gasteiger partial charge in [0, 0.05) is 35.4 Å². The van der Waals surface area contributed by atoms with Crippen molar-refractivity contribution >= 4 is 18.4 Å². The average molecular weight is 584 g/mol. The number of benzene rings is 1. The standard InChI is InChI=1S/C26H31ClF2N2O3.C2H6.CH5N.CH2O/c1-4-8-17(5-2)26(9-6-7-10-30)14-18-20(34-26)13-19(28)23(27)22(18)21-16(3)15-31-25(24(21)29)33-12-11-32;3*1-2/h4-5,8,13,15,32H,6-7,9-12,14,30H2,1-3H3;1-2H3;2H2,1H3;1H2/b8-4-,17-5+;;;. The van der Waals surface area contributed by atoms with E-state index < -0.39 is 17.2 Å². The van der Waals surface area contributed by atoms with Crippen LogP contribution in [-0.4, -0.2) is 49.3 Å². The molecule has 1 aliphatic heterocycles. The number of nitrogens with zero attached hydrogens (tertiary/aromatic N) is 1. The van der Waals surface area contributed by atoms with E-state index in [0.717, 1.165) is 18.4 Å². The SMILES string of the molecule is C/C=C\C(=C/C)C1(CCCCN)Cc2c(cc(F)c(Cl)c2-c2c(C)cnc(OCCO)c2F)O1.C=O.CC.CN. The van der Waals surface area contributed by atoms with Gasteiger partial charge in [0.2, 0.25) is 0 Å². The fourth-order valence-corrected chi connectivity index (χ4v) is 4.76. The van der Waals surface area contributed by atoms with E-state index in [4.69, 9.17) is 36.7 Å².